The summed E-state index contributed by atoms with van der Waals surface area (Å²) >= 11 is 3.40. The van der Waals surface area contributed by atoms with Gasteiger partial charge in [-0.3, -0.25) is 0 Å². The zero-order chi connectivity index (χ0) is 22.5. The fraction of sp³-hybridized carbons (Fsp3) is 0.368. The summed E-state index contributed by atoms with van der Waals surface area (Å²) < 4.78 is 101. The second-order valence-electron chi connectivity index (χ2n) is 7.25. The molecule has 0 saturated carbocycles. The van der Waals surface area contributed by atoms with Gasteiger partial charge in [0.25, 0.3) is 0 Å². The van der Waals surface area contributed by atoms with E-state index in [4.69, 9.17) is 4.74 Å². The molecule has 2 aromatic rings. The van der Waals surface area contributed by atoms with E-state index in [1.54, 1.807) is 0 Å². The minimum absolute atomic E-state index is 0.122. The third-order valence-corrected chi connectivity index (χ3v) is 7.88. The summed E-state index contributed by atoms with van der Waals surface area (Å²) in [6, 6.07) is 5.59. The van der Waals surface area contributed by atoms with Crippen LogP contribution >= 0.6 is 15.9 Å². The lowest BCUT2D eigenvalue weighted by Crippen LogP contribution is -2.48. The van der Waals surface area contributed by atoms with Gasteiger partial charge in [0.1, 0.15) is 6.73 Å². The van der Waals surface area contributed by atoms with Gasteiger partial charge in [-0.1, -0.05) is 15.9 Å². The van der Waals surface area contributed by atoms with Gasteiger partial charge in [0.15, 0.2) is 28.2 Å². The first kappa shape index (κ1) is 22.4. The van der Waals surface area contributed by atoms with E-state index in [0.717, 1.165) is 20.0 Å². The summed E-state index contributed by atoms with van der Waals surface area (Å²) in [5, 5.41) is 0. The number of rotatable bonds is 3. The molecule has 4 rings (SSSR count). The number of sulfonamides is 1. The number of piperidine rings is 1. The Morgan fingerprint density at radius 3 is 2.13 bits per heavy atom. The molecule has 0 aliphatic carbocycles. The van der Waals surface area contributed by atoms with Crippen molar-refractivity contribution in [3.8, 4) is 0 Å². The number of hydrogen-bond acceptors (Lipinski definition) is 4. The predicted molar refractivity (Wildman–Crippen MR) is 104 cm³/mol. The van der Waals surface area contributed by atoms with E-state index in [9.17, 15) is 30.4 Å². The van der Waals surface area contributed by atoms with Crippen molar-refractivity contribution < 1.29 is 35.1 Å². The fourth-order valence-electron chi connectivity index (χ4n) is 3.91. The highest BCUT2D eigenvalue weighted by molar-refractivity contribution is 9.10. The van der Waals surface area contributed by atoms with Crippen molar-refractivity contribution in [2.75, 3.05) is 24.7 Å². The Morgan fingerprint density at radius 1 is 0.935 bits per heavy atom. The molecule has 2 aromatic carbocycles. The van der Waals surface area contributed by atoms with Crippen molar-refractivity contribution in [1.29, 1.82) is 0 Å². The Bertz CT molecular complexity index is 1110. The lowest BCUT2D eigenvalue weighted by Gasteiger charge is -2.41. The Kier molecular flexibility index (Phi) is 6.01. The van der Waals surface area contributed by atoms with Crippen LogP contribution in [0.25, 0.3) is 0 Å². The number of nitrogens with zero attached hydrogens (tertiary/aromatic N) is 2. The van der Waals surface area contributed by atoms with Gasteiger partial charge in [0.2, 0.25) is 15.8 Å². The summed E-state index contributed by atoms with van der Waals surface area (Å²) in [5.41, 5.74) is 1.90. The molecule has 31 heavy (non-hydrogen) atoms. The van der Waals surface area contributed by atoms with Crippen LogP contribution in [0.15, 0.2) is 27.6 Å². The van der Waals surface area contributed by atoms with Crippen LogP contribution < -0.4 is 4.90 Å². The highest BCUT2D eigenvalue weighted by Crippen LogP contribution is 2.35. The average Bonchev–Trinajstić information content (AvgIpc) is 2.75. The maximum absolute atomic E-state index is 14.1. The molecule has 0 spiro atoms. The first-order valence-electron chi connectivity index (χ1n) is 9.27. The molecule has 0 aromatic heterocycles. The van der Waals surface area contributed by atoms with Gasteiger partial charge >= 0.3 is 0 Å². The summed E-state index contributed by atoms with van der Waals surface area (Å²) in [4.78, 5) is 0.159. The van der Waals surface area contributed by atoms with E-state index in [-0.39, 0.29) is 32.0 Å². The lowest BCUT2D eigenvalue weighted by molar-refractivity contribution is 0.0987. The summed E-state index contributed by atoms with van der Waals surface area (Å²) in [7, 11) is -4.92. The largest absolute Gasteiger partial charge is 0.356 e. The monoisotopic (exact) mass is 526 g/mol. The predicted octanol–water partition coefficient (Wildman–Crippen LogP) is 4.29. The van der Waals surface area contributed by atoms with Crippen LogP contribution in [0.4, 0.5) is 27.6 Å². The number of ether oxygens (including phenoxy) is 1. The molecular formula is C19H16BrF5N2O3S. The zero-order valence-corrected chi connectivity index (χ0v) is 18.2. The van der Waals surface area contributed by atoms with Crippen molar-refractivity contribution in [2.45, 2.75) is 30.4 Å². The van der Waals surface area contributed by atoms with E-state index in [1.165, 1.54) is 0 Å². The van der Waals surface area contributed by atoms with Crippen molar-refractivity contribution in [2.24, 2.45) is 0 Å². The molecule has 0 unspecified atom stereocenters. The normalized spacial score (nSPS) is 18.3. The second kappa shape index (κ2) is 8.30. The Labute approximate surface area is 183 Å². The standard InChI is InChI=1S/C19H16BrF5N2O3S/c20-11-1-2-13-10(7-11)8-30-9-27(13)12-3-5-26(6-4-12)31(28,29)19-17(24)15(22)14(21)16(23)18(19)25/h1-2,7,12H,3-6,8-9H2. The van der Waals surface area contributed by atoms with Crippen LogP contribution in [0.3, 0.4) is 0 Å². The maximum Gasteiger partial charge on any atom is 0.249 e. The number of hydrogen-bond donors (Lipinski definition) is 0. The van der Waals surface area contributed by atoms with E-state index in [0.29, 0.717) is 13.3 Å². The van der Waals surface area contributed by atoms with Crippen molar-refractivity contribution >= 4 is 31.6 Å². The number of fused-ring (bicyclic) bond motifs is 1. The first-order valence-corrected chi connectivity index (χ1v) is 11.5. The minimum Gasteiger partial charge on any atom is -0.356 e. The van der Waals surface area contributed by atoms with Crippen LogP contribution in [-0.2, 0) is 21.4 Å². The van der Waals surface area contributed by atoms with Gasteiger partial charge in [0.05, 0.1) is 6.61 Å². The summed E-state index contributed by atoms with van der Waals surface area (Å²) in [6.07, 6.45) is 0.570. The fourth-order valence-corrected chi connectivity index (χ4v) is 5.90. The maximum atomic E-state index is 14.1. The van der Waals surface area contributed by atoms with Gasteiger partial charge in [-0.05, 0) is 31.0 Å². The van der Waals surface area contributed by atoms with Gasteiger partial charge in [-0.25, -0.2) is 30.4 Å². The van der Waals surface area contributed by atoms with E-state index in [2.05, 4.69) is 15.9 Å². The molecule has 0 amide bonds. The van der Waals surface area contributed by atoms with Crippen LogP contribution in [0.1, 0.15) is 18.4 Å². The molecule has 0 radical (unpaired) electrons. The van der Waals surface area contributed by atoms with Crippen LogP contribution in [0, 0.1) is 29.1 Å². The molecule has 0 bridgehead atoms. The molecule has 0 atom stereocenters. The first-order chi connectivity index (χ1) is 14.6. The summed E-state index contributed by atoms with van der Waals surface area (Å²) in [6.45, 7) is 0.437. The lowest BCUT2D eigenvalue weighted by atomic mass is 10.0. The van der Waals surface area contributed by atoms with Crippen molar-refractivity contribution in [3.05, 3.63) is 57.3 Å². The molecule has 1 fully saturated rings. The quantitative estimate of drug-likeness (QED) is 0.340. The highest BCUT2D eigenvalue weighted by atomic mass is 79.9. The van der Waals surface area contributed by atoms with Crippen molar-refractivity contribution in [1.82, 2.24) is 4.31 Å². The van der Waals surface area contributed by atoms with Crippen molar-refractivity contribution in [3.63, 3.8) is 0 Å². The Balaban J connectivity index is 1.57. The molecule has 2 heterocycles. The average molecular weight is 527 g/mol. The smallest absolute Gasteiger partial charge is 0.249 e. The molecule has 12 heteroatoms. The zero-order valence-electron chi connectivity index (χ0n) is 15.8. The topological polar surface area (TPSA) is 49.9 Å². The third-order valence-electron chi connectivity index (χ3n) is 5.47. The van der Waals surface area contributed by atoms with E-state index < -0.39 is 44.0 Å². The van der Waals surface area contributed by atoms with Crippen LogP contribution in [0.5, 0.6) is 0 Å². The summed E-state index contributed by atoms with van der Waals surface area (Å²) in [5.74, 6) is -11.7. The third kappa shape index (κ3) is 3.83. The number of halogens is 6. The SMILES string of the molecule is O=S(=O)(c1c(F)c(F)c(F)c(F)c1F)N1CCC(N2COCc3cc(Br)ccc32)CC1. The van der Waals surface area contributed by atoms with E-state index >= 15 is 0 Å². The molecule has 168 valence electrons. The van der Waals surface area contributed by atoms with Crippen LogP contribution in [0.2, 0.25) is 0 Å². The molecule has 2 aliphatic rings. The molecule has 5 nitrogen and oxygen atoms in total. The van der Waals surface area contributed by atoms with Gasteiger partial charge in [-0.15, -0.1) is 0 Å². The molecule has 2 aliphatic heterocycles. The van der Waals surface area contributed by atoms with Gasteiger partial charge in [-0.2, -0.15) is 4.31 Å². The minimum atomic E-state index is -4.92. The Morgan fingerprint density at radius 2 is 1.52 bits per heavy atom. The van der Waals surface area contributed by atoms with Gasteiger partial charge in [0, 0.05) is 34.9 Å². The number of benzene rings is 2. The Hall–Kier alpha value is -1.76. The number of anilines is 1. The molecule has 1 saturated heterocycles. The second-order valence-corrected chi connectivity index (χ2v) is 10.0. The van der Waals surface area contributed by atoms with Gasteiger partial charge < -0.3 is 9.64 Å². The molecule has 0 N–H and O–H groups in total. The van der Waals surface area contributed by atoms with E-state index in [1.807, 2.05) is 23.1 Å². The van der Waals surface area contributed by atoms with Crippen LogP contribution in [-0.4, -0.2) is 38.6 Å². The molecular weight excluding hydrogens is 511 g/mol. The highest BCUT2D eigenvalue weighted by Gasteiger charge is 2.39.